The van der Waals surface area contributed by atoms with Gasteiger partial charge in [0.1, 0.15) is 0 Å². The average molecular weight is 216 g/mol. The molecule has 0 nitrogen and oxygen atoms in total. The highest BCUT2D eigenvalue weighted by Crippen LogP contribution is 2.53. The molecule has 0 radical (unpaired) electrons. The van der Waals surface area contributed by atoms with Crippen LogP contribution in [0, 0.1) is 29.6 Å². The van der Waals surface area contributed by atoms with Crippen molar-refractivity contribution in [3.05, 3.63) is 24.3 Å². The molecular weight excluding hydrogens is 192 g/mol. The molecule has 3 aliphatic carbocycles. The highest BCUT2D eigenvalue weighted by molar-refractivity contribution is 5.19. The molecule has 3 aliphatic rings. The standard InChI is InChI=1S/C16H24/c1-2-6-12-8-5-10-15-14-9-4-3-7-13(14)11-16(12)15/h3-4,7,9,12-16H,2,5-6,8,10-11H2,1H3. The van der Waals surface area contributed by atoms with Crippen LogP contribution in [0.3, 0.4) is 0 Å². The summed E-state index contributed by atoms with van der Waals surface area (Å²) < 4.78 is 0. The largest absolute Gasteiger partial charge is 0.0808 e. The molecule has 0 heterocycles. The zero-order chi connectivity index (χ0) is 11.0. The van der Waals surface area contributed by atoms with Crippen LogP contribution in [0.1, 0.15) is 45.4 Å². The molecule has 0 saturated heterocycles. The minimum Gasteiger partial charge on any atom is -0.0808 e. The van der Waals surface area contributed by atoms with E-state index in [1.165, 1.54) is 38.5 Å². The Morgan fingerprint density at radius 2 is 1.94 bits per heavy atom. The first kappa shape index (κ1) is 10.6. The summed E-state index contributed by atoms with van der Waals surface area (Å²) in [5, 5.41) is 0. The maximum absolute atomic E-state index is 2.50. The van der Waals surface area contributed by atoms with Crippen LogP contribution in [-0.4, -0.2) is 0 Å². The number of fused-ring (bicyclic) bond motifs is 3. The lowest BCUT2D eigenvalue weighted by Crippen LogP contribution is -2.26. The van der Waals surface area contributed by atoms with E-state index in [2.05, 4.69) is 31.2 Å². The molecule has 0 spiro atoms. The summed E-state index contributed by atoms with van der Waals surface area (Å²) in [6.07, 6.45) is 18.4. The molecular formula is C16H24. The van der Waals surface area contributed by atoms with Gasteiger partial charge in [0.25, 0.3) is 0 Å². The van der Waals surface area contributed by atoms with Crippen molar-refractivity contribution < 1.29 is 0 Å². The Labute approximate surface area is 99.8 Å². The minimum absolute atomic E-state index is 0.887. The molecule has 0 amide bonds. The molecule has 0 aromatic rings. The van der Waals surface area contributed by atoms with Crippen LogP contribution in [0.2, 0.25) is 0 Å². The molecule has 0 heteroatoms. The first-order valence-corrected chi connectivity index (χ1v) is 7.25. The number of hydrogen-bond acceptors (Lipinski definition) is 0. The normalized spacial score (nSPS) is 45.4. The molecule has 0 aliphatic heterocycles. The van der Waals surface area contributed by atoms with E-state index in [1.807, 2.05) is 0 Å². The van der Waals surface area contributed by atoms with Crippen molar-refractivity contribution in [1.29, 1.82) is 0 Å². The van der Waals surface area contributed by atoms with Gasteiger partial charge in [-0.2, -0.15) is 0 Å². The molecule has 2 saturated carbocycles. The van der Waals surface area contributed by atoms with Gasteiger partial charge in [-0.3, -0.25) is 0 Å². The highest BCUT2D eigenvalue weighted by Gasteiger charge is 2.45. The van der Waals surface area contributed by atoms with Crippen molar-refractivity contribution in [3.8, 4) is 0 Å². The van der Waals surface area contributed by atoms with Gasteiger partial charge in [0.2, 0.25) is 0 Å². The van der Waals surface area contributed by atoms with Crippen molar-refractivity contribution in [2.24, 2.45) is 29.6 Å². The van der Waals surface area contributed by atoms with Gasteiger partial charge in [0, 0.05) is 0 Å². The van der Waals surface area contributed by atoms with Gasteiger partial charge in [-0.25, -0.2) is 0 Å². The molecule has 0 N–H and O–H groups in total. The molecule has 0 aromatic carbocycles. The molecule has 2 fully saturated rings. The van der Waals surface area contributed by atoms with E-state index < -0.39 is 0 Å². The van der Waals surface area contributed by atoms with E-state index in [-0.39, 0.29) is 0 Å². The zero-order valence-electron chi connectivity index (χ0n) is 10.4. The molecule has 88 valence electrons. The van der Waals surface area contributed by atoms with Crippen LogP contribution >= 0.6 is 0 Å². The van der Waals surface area contributed by atoms with Crippen molar-refractivity contribution >= 4 is 0 Å². The van der Waals surface area contributed by atoms with E-state index in [4.69, 9.17) is 0 Å². The second-order valence-electron chi connectivity index (χ2n) is 6.05. The monoisotopic (exact) mass is 216 g/mol. The summed E-state index contributed by atoms with van der Waals surface area (Å²) in [7, 11) is 0. The first-order chi connectivity index (χ1) is 7.90. The Morgan fingerprint density at radius 3 is 2.81 bits per heavy atom. The Balaban J connectivity index is 1.78. The van der Waals surface area contributed by atoms with Crippen molar-refractivity contribution in [1.82, 2.24) is 0 Å². The summed E-state index contributed by atoms with van der Waals surface area (Å²) in [5.41, 5.74) is 0. The van der Waals surface area contributed by atoms with E-state index >= 15 is 0 Å². The van der Waals surface area contributed by atoms with E-state index in [0.29, 0.717) is 0 Å². The number of allylic oxidation sites excluding steroid dienone is 4. The summed E-state index contributed by atoms with van der Waals surface area (Å²) in [6, 6.07) is 0. The predicted octanol–water partition coefficient (Wildman–Crippen LogP) is 4.58. The molecule has 0 bridgehead atoms. The van der Waals surface area contributed by atoms with Crippen molar-refractivity contribution in [3.63, 3.8) is 0 Å². The van der Waals surface area contributed by atoms with Crippen LogP contribution in [0.25, 0.3) is 0 Å². The fourth-order valence-corrected chi connectivity index (χ4v) is 4.65. The smallest absolute Gasteiger partial charge is 0.0136 e. The van der Waals surface area contributed by atoms with Gasteiger partial charge in [-0.05, 0) is 42.4 Å². The van der Waals surface area contributed by atoms with E-state index in [1.54, 1.807) is 0 Å². The highest BCUT2D eigenvalue weighted by atomic mass is 14.5. The molecule has 5 atom stereocenters. The Bertz CT molecular complexity index is 297. The summed E-state index contributed by atoms with van der Waals surface area (Å²) in [5.74, 6) is 4.91. The quantitative estimate of drug-likeness (QED) is 0.633. The third-order valence-electron chi connectivity index (χ3n) is 5.26. The summed E-state index contributed by atoms with van der Waals surface area (Å²) in [6.45, 7) is 2.35. The van der Waals surface area contributed by atoms with Crippen LogP contribution in [0.15, 0.2) is 24.3 Å². The summed E-state index contributed by atoms with van der Waals surface area (Å²) in [4.78, 5) is 0. The average Bonchev–Trinajstić information content (AvgIpc) is 2.69. The summed E-state index contributed by atoms with van der Waals surface area (Å²) >= 11 is 0. The van der Waals surface area contributed by atoms with Crippen molar-refractivity contribution in [2.75, 3.05) is 0 Å². The van der Waals surface area contributed by atoms with Crippen LogP contribution in [0.4, 0.5) is 0 Å². The molecule has 5 unspecified atom stereocenters. The van der Waals surface area contributed by atoms with Crippen LogP contribution < -0.4 is 0 Å². The van der Waals surface area contributed by atoms with Gasteiger partial charge in [-0.1, -0.05) is 56.9 Å². The van der Waals surface area contributed by atoms with Gasteiger partial charge < -0.3 is 0 Å². The van der Waals surface area contributed by atoms with Gasteiger partial charge in [-0.15, -0.1) is 0 Å². The topological polar surface area (TPSA) is 0 Å². The Morgan fingerprint density at radius 1 is 1.06 bits per heavy atom. The Kier molecular flexibility index (Phi) is 2.91. The SMILES string of the molecule is CCCC1CCCC2C3C=CC=CC3CC12. The lowest BCUT2D eigenvalue weighted by atomic mass is 9.70. The second-order valence-corrected chi connectivity index (χ2v) is 6.05. The number of rotatable bonds is 2. The van der Waals surface area contributed by atoms with E-state index in [9.17, 15) is 0 Å². The zero-order valence-corrected chi connectivity index (χ0v) is 10.4. The Hall–Kier alpha value is -0.520. The van der Waals surface area contributed by atoms with Crippen LogP contribution in [0.5, 0.6) is 0 Å². The predicted molar refractivity (Wildman–Crippen MR) is 69.1 cm³/mol. The van der Waals surface area contributed by atoms with Gasteiger partial charge >= 0.3 is 0 Å². The van der Waals surface area contributed by atoms with Crippen molar-refractivity contribution in [2.45, 2.75) is 45.4 Å². The third kappa shape index (κ3) is 1.67. The first-order valence-electron chi connectivity index (χ1n) is 7.25. The van der Waals surface area contributed by atoms with Crippen LogP contribution in [-0.2, 0) is 0 Å². The molecule has 3 rings (SSSR count). The van der Waals surface area contributed by atoms with Gasteiger partial charge in [0.05, 0.1) is 0 Å². The fourth-order valence-electron chi connectivity index (χ4n) is 4.65. The molecule has 0 aromatic heterocycles. The lowest BCUT2D eigenvalue weighted by molar-refractivity contribution is 0.156. The second kappa shape index (κ2) is 4.39. The third-order valence-corrected chi connectivity index (χ3v) is 5.26. The maximum Gasteiger partial charge on any atom is -0.0136 e. The lowest BCUT2D eigenvalue weighted by Gasteiger charge is -2.35. The van der Waals surface area contributed by atoms with E-state index in [0.717, 1.165) is 29.6 Å². The minimum atomic E-state index is 0.887. The van der Waals surface area contributed by atoms with Gasteiger partial charge in [0.15, 0.2) is 0 Å². The fraction of sp³-hybridized carbons (Fsp3) is 0.750. The maximum atomic E-state index is 2.50. The molecule has 16 heavy (non-hydrogen) atoms. The number of hydrogen-bond donors (Lipinski definition) is 0.